The van der Waals surface area contributed by atoms with Crippen LogP contribution in [-0.2, 0) is 17.7 Å². The lowest BCUT2D eigenvalue weighted by atomic mass is 10.0. The van der Waals surface area contributed by atoms with Crippen molar-refractivity contribution in [3.05, 3.63) is 47.9 Å². The zero-order valence-corrected chi connectivity index (χ0v) is 19.7. The van der Waals surface area contributed by atoms with Crippen molar-refractivity contribution in [2.24, 2.45) is 0 Å². The minimum absolute atomic E-state index is 0.232. The summed E-state index contributed by atoms with van der Waals surface area (Å²) < 4.78 is 5.57. The predicted octanol–water partition coefficient (Wildman–Crippen LogP) is 2.06. The highest BCUT2D eigenvalue weighted by molar-refractivity contribution is 5.89. The van der Waals surface area contributed by atoms with Gasteiger partial charge in [0.15, 0.2) is 5.82 Å². The molecule has 11 heteroatoms. The highest BCUT2D eigenvalue weighted by Gasteiger charge is 2.27. The normalized spacial score (nSPS) is 15.5. The summed E-state index contributed by atoms with van der Waals surface area (Å²) in [5, 5.41) is 5.55. The second-order valence-corrected chi connectivity index (χ2v) is 8.45. The van der Waals surface area contributed by atoms with Gasteiger partial charge < -0.3 is 30.9 Å². The highest BCUT2D eigenvalue weighted by Crippen LogP contribution is 2.31. The van der Waals surface area contributed by atoms with E-state index in [0.29, 0.717) is 49.5 Å². The van der Waals surface area contributed by atoms with Gasteiger partial charge in [0.2, 0.25) is 5.95 Å². The topological polar surface area (TPSA) is 134 Å². The first-order chi connectivity index (χ1) is 17.1. The lowest BCUT2D eigenvalue weighted by Gasteiger charge is -2.34. The fourth-order valence-corrected chi connectivity index (χ4v) is 4.28. The van der Waals surface area contributed by atoms with Crippen LogP contribution in [0.4, 0.5) is 27.9 Å². The maximum atomic E-state index is 11.8. The molecular weight excluding hydrogens is 446 g/mol. The summed E-state index contributed by atoms with van der Waals surface area (Å²) in [6.45, 7) is 6.75. The van der Waals surface area contributed by atoms with E-state index in [1.54, 1.807) is 12.4 Å². The number of nitrogen functional groups attached to an aromatic ring is 1. The Morgan fingerprint density at radius 2 is 1.80 bits per heavy atom. The van der Waals surface area contributed by atoms with Crippen LogP contribution in [-0.4, -0.2) is 65.4 Å². The van der Waals surface area contributed by atoms with Crippen LogP contribution in [0.1, 0.15) is 18.2 Å². The average Bonchev–Trinajstić information content (AvgIpc) is 2.89. The number of fused-ring (bicyclic) bond motifs is 1. The van der Waals surface area contributed by atoms with E-state index >= 15 is 0 Å². The van der Waals surface area contributed by atoms with E-state index < -0.39 is 0 Å². The number of benzene rings is 1. The molecule has 0 saturated carbocycles. The summed E-state index contributed by atoms with van der Waals surface area (Å²) in [5.41, 5.74) is 10.0. The first-order valence-corrected chi connectivity index (χ1v) is 11.8. The number of morpholine rings is 1. The Morgan fingerprint density at radius 3 is 2.51 bits per heavy atom. The van der Waals surface area contributed by atoms with Crippen molar-refractivity contribution < 1.29 is 9.53 Å². The lowest BCUT2D eigenvalue weighted by Crippen LogP contribution is -2.40. The Balaban J connectivity index is 1.47. The van der Waals surface area contributed by atoms with Crippen LogP contribution in [0.25, 0.3) is 11.4 Å². The molecule has 1 saturated heterocycles. The molecule has 0 unspecified atom stereocenters. The molecule has 4 heterocycles. The van der Waals surface area contributed by atoms with Crippen molar-refractivity contribution in [1.29, 1.82) is 0 Å². The van der Waals surface area contributed by atoms with E-state index in [1.807, 2.05) is 31.2 Å². The Morgan fingerprint density at radius 1 is 1.06 bits per heavy atom. The standard InChI is InChI=1S/C24H29N9O2/c1-2-26-24(34)29-18-5-3-16(4-6-18)21-30-20-15-33(23-27-13-17(25)14-28-23)8-7-19(20)22(31-21)32-9-11-35-12-10-32/h3-6,13-14H,2,7-12,15,25H2,1H3,(H2,26,29,34). The summed E-state index contributed by atoms with van der Waals surface area (Å²) in [7, 11) is 0. The molecular formula is C24H29N9O2. The minimum atomic E-state index is -0.232. The SMILES string of the molecule is CCNC(=O)Nc1ccc(-c2nc3c(c(N4CCOCC4)n2)CCN(c2ncc(N)cn2)C3)cc1. The zero-order valence-electron chi connectivity index (χ0n) is 19.7. The molecule has 5 rings (SSSR count). The number of nitrogens with zero attached hydrogens (tertiary/aromatic N) is 6. The van der Waals surface area contributed by atoms with Gasteiger partial charge in [0.1, 0.15) is 5.82 Å². The van der Waals surface area contributed by atoms with Crippen LogP contribution in [0.2, 0.25) is 0 Å². The number of rotatable bonds is 5. The molecule has 182 valence electrons. The van der Waals surface area contributed by atoms with Gasteiger partial charge in [-0.05, 0) is 37.6 Å². The van der Waals surface area contributed by atoms with E-state index in [0.717, 1.165) is 48.7 Å². The lowest BCUT2D eigenvalue weighted by molar-refractivity contribution is 0.122. The molecule has 1 fully saturated rings. The third-order valence-corrected chi connectivity index (χ3v) is 6.03. The maximum Gasteiger partial charge on any atom is 0.319 e. The number of nitrogens with one attached hydrogen (secondary N) is 2. The van der Waals surface area contributed by atoms with Crippen LogP contribution in [0.5, 0.6) is 0 Å². The molecule has 0 radical (unpaired) electrons. The molecule has 0 aliphatic carbocycles. The number of carbonyl (C=O) groups is 1. The van der Waals surface area contributed by atoms with E-state index in [4.69, 9.17) is 20.4 Å². The molecule has 11 nitrogen and oxygen atoms in total. The van der Waals surface area contributed by atoms with Gasteiger partial charge in [0.25, 0.3) is 0 Å². The second-order valence-electron chi connectivity index (χ2n) is 8.45. The van der Waals surface area contributed by atoms with Crippen molar-refractivity contribution in [3.63, 3.8) is 0 Å². The molecule has 35 heavy (non-hydrogen) atoms. The van der Waals surface area contributed by atoms with Gasteiger partial charge in [-0.1, -0.05) is 0 Å². The van der Waals surface area contributed by atoms with Gasteiger partial charge in [-0.3, -0.25) is 0 Å². The highest BCUT2D eigenvalue weighted by atomic mass is 16.5. The van der Waals surface area contributed by atoms with Gasteiger partial charge in [-0.25, -0.2) is 24.7 Å². The quantitative estimate of drug-likeness (QED) is 0.507. The number of anilines is 4. The number of aromatic nitrogens is 4. The number of amides is 2. The summed E-state index contributed by atoms with van der Waals surface area (Å²) >= 11 is 0. The largest absolute Gasteiger partial charge is 0.396 e. The van der Waals surface area contributed by atoms with Crippen molar-refractivity contribution in [2.45, 2.75) is 19.9 Å². The van der Waals surface area contributed by atoms with Crippen LogP contribution >= 0.6 is 0 Å². The minimum Gasteiger partial charge on any atom is -0.396 e. The van der Waals surface area contributed by atoms with Crippen LogP contribution in [0.3, 0.4) is 0 Å². The smallest absolute Gasteiger partial charge is 0.319 e. The molecule has 4 N–H and O–H groups in total. The molecule has 0 spiro atoms. The molecule has 2 amide bonds. The number of hydrogen-bond donors (Lipinski definition) is 3. The van der Waals surface area contributed by atoms with E-state index in [9.17, 15) is 4.79 Å². The summed E-state index contributed by atoms with van der Waals surface area (Å²) in [6.07, 6.45) is 4.04. The Labute approximate surface area is 203 Å². The van der Waals surface area contributed by atoms with E-state index in [-0.39, 0.29) is 6.03 Å². The number of nitrogens with two attached hydrogens (primary N) is 1. The molecule has 3 aromatic rings. The van der Waals surface area contributed by atoms with Gasteiger partial charge >= 0.3 is 6.03 Å². The van der Waals surface area contributed by atoms with Crippen molar-refractivity contribution in [1.82, 2.24) is 25.3 Å². The van der Waals surface area contributed by atoms with E-state index in [2.05, 4.69) is 30.4 Å². The fraction of sp³-hybridized carbons (Fsp3) is 0.375. The molecule has 1 aromatic carbocycles. The molecule has 0 bridgehead atoms. The van der Waals surface area contributed by atoms with Gasteiger partial charge in [-0.15, -0.1) is 0 Å². The second kappa shape index (κ2) is 10.1. The summed E-state index contributed by atoms with van der Waals surface area (Å²) in [6, 6.07) is 7.34. The van der Waals surface area contributed by atoms with Gasteiger partial charge in [-0.2, -0.15) is 0 Å². The third kappa shape index (κ3) is 5.09. The Bertz CT molecular complexity index is 1180. The monoisotopic (exact) mass is 475 g/mol. The average molecular weight is 476 g/mol. The molecule has 2 aromatic heterocycles. The van der Waals surface area contributed by atoms with Crippen LogP contribution in [0, 0.1) is 0 Å². The van der Waals surface area contributed by atoms with Gasteiger partial charge in [0.05, 0.1) is 43.5 Å². The maximum absolute atomic E-state index is 11.8. The Hall–Kier alpha value is -3.99. The first kappa shape index (κ1) is 22.8. The number of ether oxygens (including phenoxy) is 1. The van der Waals surface area contributed by atoms with Crippen LogP contribution < -0.4 is 26.2 Å². The molecule has 2 aliphatic rings. The summed E-state index contributed by atoms with van der Waals surface area (Å²) in [5.74, 6) is 2.25. The van der Waals surface area contributed by atoms with Crippen molar-refractivity contribution >= 4 is 29.2 Å². The Kier molecular flexibility index (Phi) is 6.57. The number of urea groups is 1. The first-order valence-electron chi connectivity index (χ1n) is 11.8. The fourth-order valence-electron chi connectivity index (χ4n) is 4.28. The molecule has 2 aliphatic heterocycles. The van der Waals surface area contributed by atoms with Gasteiger partial charge in [0, 0.05) is 43.0 Å². The third-order valence-electron chi connectivity index (χ3n) is 6.03. The number of hydrogen-bond acceptors (Lipinski definition) is 9. The van der Waals surface area contributed by atoms with Crippen LogP contribution in [0.15, 0.2) is 36.7 Å². The van der Waals surface area contributed by atoms with Crippen molar-refractivity contribution in [2.75, 3.05) is 60.2 Å². The van der Waals surface area contributed by atoms with E-state index in [1.165, 1.54) is 0 Å². The summed E-state index contributed by atoms with van der Waals surface area (Å²) in [4.78, 5) is 35.0. The number of carbonyl (C=O) groups excluding carboxylic acids is 1. The predicted molar refractivity (Wildman–Crippen MR) is 134 cm³/mol. The van der Waals surface area contributed by atoms with Crippen molar-refractivity contribution in [3.8, 4) is 11.4 Å². The zero-order chi connectivity index (χ0) is 24.2. The molecule has 0 atom stereocenters.